The Labute approximate surface area is 113 Å². The average molecular weight is 288 g/mol. The quantitative estimate of drug-likeness (QED) is 0.779. The minimum Gasteiger partial charge on any atom is -0.300 e. The standard InChI is InChI=1S/C12H20N2O2S2/c1-4-5-9-18(15,16)13-10-11(14(2)3)12-7-6-8-17-12/h4-8,11,13H,9-10H2,1-3H3. The molecule has 1 atom stereocenters. The first-order valence-electron chi connectivity index (χ1n) is 5.74. The first-order valence-corrected chi connectivity index (χ1v) is 8.28. The molecule has 0 aliphatic carbocycles. The van der Waals surface area contributed by atoms with Crippen LogP contribution >= 0.6 is 11.3 Å². The Hall–Kier alpha value is -0.690. The minimum absolute atomic E-state index is 0.0358. The Morgan fingerprint density at radius 3 is 2.72 bits per heavy atom. The van der Waals surface area contributed by atoms with E-state index in [1.54, 1.807) is 23.5 Å². The number of thiophene rings is 1. The highest BCUT2D eigenvalue weighted by Gasteiger charge is 2.18. The van der Waals surface area contributed by atoms with E-state index < -0.39 is 10.0 Å². The van der Waals surface area contributed by atoms with E-state index in [4.69, 9.17) is 0 Å². The van der Waals surface area contributed by atoms with Crippen LogP contribution < -0.4 is 4.72 Å². The molecule has 1 heterocycles. The molecule has 0 aliphatic heterocycles. The molecule has 4 nitrogen and oxygen atoms in total. The van der Waals surface area contributed by atoms with E-state index in [0.29, 0.717) is 6.54 Å². The maximum atomic E-state index is 11.7. The summed E-state index contributed by atoms with van der Waals surface area (Å²) in [6.45, 7) is 2.21. The first-order chi connectivity index (χ1) is 8.46. The van der Waals surface area contributed by atoms with E-state index in [9.17, 15) is 8.42 Å². The molecule has 0 fully saturated rings. The molecular formula is C12H20N2O2S2. The largest absolute Gasteiger partial charge is 0.300 e. The van der Waals surface area contributed by atoms with Crippen LogP contribution in [0.25, 0.3) is 0 Å². The number of sulfonamides is 1. The van der Waals surface area contributed by atoms with Crippen molar-refractivity contribution in [2.75, 3.05) is 26.4 Å². The van der Waals surface area contributed by atoms with Crippen LogP contribution in [0.3, 0.4) is 0 Å². The number of hydrogen-bond acceptors (Lipinski definition) is 4. The van der Waals surface area contributed by atoms with Crippen molar-refractivity contribution in [1.29, 1.82) is 0 Å². The molecule has 0 radical (unpaired) electrons. The molecule has 18 heavy (non-hydrogen) atoms. The molecule has 0 spiro atoms. The van der Waals surface area contributed by atoms with E-state index in [0.717, 1.165) is 4.88 Å². The van der Waals surface area contributed by atoms with Crippen molar-refractivity contribution >= 4 is 21.4 Å². The van der Waals surface area contributed by atoms with E-state index in [-0.39, 0.29) is 11.8 Å². The highest BCUT2D eigenvalue weighted by Crippen LogP contribution is 2.22. The summed E-state index contributed by atoms with van der Waals surface area (Å²) < 4.78 is 26.1. The summed E-state index contributed by atoms with van der Waals surface area (Å²) in [5.74, 6) is 0.0358. The lowest BCUT2D eigenvalue weighted by molar-refractivity contribution is 0.304. The normalized spacial score (nSPS) is 14.4. The van der Waals surface area contributed by atoms with Gasteiger partial charge in [0.15, 0.2) is 0 Å². The zero-order chi connectivity index (χ0) is 13.6. The molecule has 1 aromatic heterocycles. The number of likely N-dealkylation sites (N-methyl/N-ethyl adjacent to an activating group) is 1. The second-order valence-electron chi connectivity index (χ2n) is 4.19. The fourth-order valence-corrected chi connectivity index (χ4v) is 3.40. The lowest BCUT2D eigenvalue weighted by Gasteiger charge is -2.23. The van der Waals surface area contributed by atoms with Gasteiger partial charge in [-0.25, -0.2) is 13.1 Å². The fraction of sp³-hybridized carbons (Fsp3) is 0.500. The molecule has 1 unspecified atom stereocenters. The maximum Gasteiger partial charge on any atom is 0.215 e. The first kappa shape index (κ1) is 15.4. The Morgan fingerprint density at radius 2 is 2.22 bits per heavy atom. The molecule has 0 saturated carbocycles. The smallest absolute Gasteiger partial charge is 0.215 e. The monoisotopic (exact) mass is 288 g/mol. The number of nitrogens with zero attached hydrogens (tertiary/aromatic N) is 1. The van der Waals surface area contributed by atoms with E-state index in [1.165, 1.54) is 0 Å². The van der Waals surface area contributed by atoms with Crippen LogP contribution in [0.5, 0.6) is 0 Å². The molecule has 102 valence electrons. The van der Waals surface area contributed by atoms with E-state index in [1.807, 2.05) is 43.4 Å². The van der Waals surface area contributed by atoms with Crippen molar-refractivity contribution in [2.45, 2.75) is 13.0 Å². The summed E-state index contributed by atoms with van der Waals surface area (Å²) >= 11 is 1.64. The molecule has 0 aliphatic rings. The third kappa shape index (κ3) is 4.89. The molecular weight excluding hydrogens is 268 g/mol. The SMILES string of the molecule is CC=CCS(=O)(=O)NCC(c1cccs1)N(C)C. The average Bonchev–Trinajstić information content (AvgIpc) is 2.79. The molecule has 6 heteroatoms. The van der Waals surface area contributed by atoms with Crippen LogP contribution in [-0.4, -0.2) is 39.7 Å². The molecule has 0 amide bonds. The second kappa shape index (κ2) is 7.04. The molecule has 1 N–H and O–H groups in total. The zero-order valence-corrected chi connectivity index (χ0v) is 12.6. The Morgan fingerprint density at radius 1 is 1.50 bits per heavy atom. The van der Waals surface area contributed by atoms with Gasteiger partial charge < -0.3 is 4.90 Å². The summed E-state index contributed by atoms with van der Waals surface area (Å²) in [5, 5.41) is 2.00. The van der Waals surface area contributed by atoms with Crippen molar-refractivity contribution in [2.24, 2.45) is 0 Å². The molecule has 0 bridgehead atoms. The fourth-order valence-electron chi connectivity index (χ4n) is 1.51. The van der Waals surface area contributed by atoms with Gasteiger partial charge in [0.05, 0.1) is 11.8 Å². The lowest BCUT2D eigenvalue weighted by atomic mass is 10.2. The van der Waals surface area contributed by atoms with Gasteiger partial charge in [0.1, 0.15) is 0 Å². The van der Waals surface area contributed by atoms with Crippen LogP contribution in [0.15, 0.2) is 29.7 Å². The van der Waals surface area contributed by atoms with Gasteiger partial charge in [-0.05, 0) is 32.5 Å². The lowest BCUT2D eigenvalue weighted by Crippen LogP contribution is -2.35. The van der Waals surface area contributed by atoms with Crippen LogP contribution in [0.2, 0.25) is 0 Å². The van der Waals surface area contributed by atoms with Crippen molar-refractivity contribution in [3.63, 3.8) is 0 Å². The van der Waals surface area contributed by atoms with E-state index in [2.05, 4.69) is 4.72 Å². The van der Waals surface area contributed by atoms with Gasteiger partial charge in [0, 0.05) is 11.4 Å². The van der Waals surface area contributed by atoms with Crippen molar-refractivity contribution in [3.05, 3.63) is 34.5 Å². The minimum atomic E-state index is -3.22. The van der Waals surface area contributed by atoms with Gasteiger partial charge in [-0.1, -0.05) is 18.2 Å². The maximum absolute atomic E-state index is 11.7. The number of nitrogens with one attached hydrogen (secondary N) is 1. The molecule has 1 aromatic rings. The van der Waals surface area contributed by atoms with Crippen LogP contribution in [0, 0.1) is 0 Å². The summed E-state index contributed by atoms with van der Waals surface area (Å²) in [4.78, 5) is 3.18. The predicted molar refractivity (Wildman–Crippen MR) is 77.4 cm³/mol. The van der Waals surface area contributed by atoms with E-state index >= 15 is 0 Å². The second-order valence-corrected chi connectivity index (χ2v) is 7.02. The molecule has 1 rings (SSSR count). The Bertz CT molecular complexity index is 464. The van der Waals surface area contributed by atoms with Crippen molar-refractivity contribution in [3.8, 4) is 0 Å². The third-order valence-corrected chi connectivity index (χ3v) is 4.75. The van der Waals surface area contributed by atoms with Gasteiger partial charge >= 0.3 is 0 Å². The number of hydrogen-bond donors (Lipinski definition) is 1. The molecule has 0 saturated heterocycles. The highest BCUT2D eigenvalue weighted by molar-refractivity contribution is 7.89. The third-order valence-electron chi connectivity index (χ3n) is 2.54. The Kier molecular flexibility index (Phi) is 6.01. The summed E-state index contributed by atoms with van der Waals surface area (Å²) in [7, 11) is 0.676. The van der Waals surface area contributed by atoms with Gasteiger partial charge in [-0.15, -0.1) is 11.3 Å². The van der Waals surface area contributed by atoms with Gasteiger partial charge in [-0.3, -0.25) is 0 Å². The van der Waals surface area contributed by atoms with Gasteiger partial charge in [0.25, 0.3) is 0 Å². The number of allylic oxidation sites excluding steroid dienone is 1. The van der Waals surface area contributed by atoms with Gasteiger partial charge in [0.2, 0.25) is 10.0 Å². The summed E-state index contributed by atoms with van der Waals surface area (Å²) in [6, 6.07) is 4.07. The van der Waals surface area contributed by atoms with Crippen molar-refractivity contribution in [1.82, 2.24) is 9.62 Å². The van der Waals surface area contributed by atoms with Crippen LogP contribution in [-0.2, 0) is 10.0 Å². The van der Waals surface area contributed by atoms with Crippen molar-refractivity contribution < 1.29 is 8.42 Å². The summed E-state index contributed by atoms with van der Waals surface area (Å²) in [6.07, 6.45) is 3.38. The van der Waals surface area contributed by atoms with Crippen LogP contribution in [0.4, 0.5) is 0 Å². The molecule has 0 aromatic carbocycles. The van der Waals surface area contributed by atoms with Crippen LogP contribution in [0.1, 0.15) is 17.8 Å². The Balaban J connectivity index is 2.64. The highest BCUT2D eigenvalue weighted by atomic mass is 32.2. The predicted octanol–water partition coefficient (Wildman–Crippen LogP) is 1.85. The number of rotatable bonds is 7. The van der Waals surface area contributed by atoms with Gasteiger partial charge in [-0.2, -0.15) is 0 Å². The zero-order valence-electron chi connectivity index (χ0n) is 11.0. The summed E-state index contributed by atoms with van der Waals surface area (Å²) in [5.41, 5.74) is 0. The topological polar surface area (TPSA) is 49.4 Å².